The van der Waals surface area contributed by atoms with Gasteiger partial charge in [-0.15, -0.1) is 0 Å². The van der Waals surface area contributed by atoms with E-state index in [1.807, 2.05) is 0 Å². The SMILES string of the molecule is CCN1CCC(C)CC1.F. The van der Waals surface area contributed by atoms with E-state index in [1.54, 1.807) is 0 Å². The first kappa shape index (κ1) is 9.89. The fraction of sp³-hybridized carbons (Fsp3) is 1.00. The molecule has 0 spiro atoms. The zero-order valence-electron chi connectivity index (χ0n) is 6.97. The summed E-state index contributed by atoms with van der Waals surface area (Å²) < 4.78 is 0. The number of hydrogen-bond donors (Lipinski definition) is 0. The third-order valence-corrected chi connectivity index (χ3v) is 2.32. The van der Waals surface area contributed by atoms with Gasteiger partial charge in [0.15, 0.2) is 0 Å². The van der Waals surface area contributed by atoms with Crippen LogP contribution >= 0.6 is 0 Å². The lowest BCUT2D eigenvalue weighted by molar-refractivity contribution is 0.201. The Labute approximate surface area is 62.8 Å². The predicted molar refractivity (Wildman–Crippen MR) is 43.0 cm³/mol. The molecule has 1 heterocycles. The van der Waals surface area contributed by atoms with Crippen LogP contribution in [0.15, 0.2) is 0 Å². The molecule has 1 aliphatic rings. The smallest absolute Gasteiger partial charge is 0.00163 e. The van der Waals surface area contributed by atoms with Crippen LogP contribution in [-0.2, 0) is 0 Å². The summed E-state index contributed by atoms with van der Waals surface area (Å²) in [7, 11) is 0. The lowest BCUT2D eigenvalue weighted by atomic mass is 9.99. The molecule has 0 amide bonds. The fourth-order valence-electron chi connectivity index (χ4n) is 1.38. The number of piperidine rings is 1. The number of rotatable bonds is 1. The quantitative estimate of drug-likeness (QED) is 0.547. The van der Waals surface area contributed by atoms with Crippen molar-refractivity contribution in [3.8, 4) is 0 Å². The summed E-state index contributed by atoms with van der Waals surface area (Å²) in [6, 6.07) is 0. The minimum atomic E-state index is 0. The van der Waals surface area contributed by atoms with Gasteiger partial charge in [-0.05, 0) is 38.4 Å². The van der Waals surface area contributed by atoms with Crippen LogP contribution in [0.25, 0.3) is 0 Å². The van der Waals surface area contributed by atoms with Crippen molar-refractivity contribution in [2.24, 2.45) is 5.92 Å². The Kier molecular flexibility index (Phi) is 4.62. The van der Waals surface area contributed by atoms with Crippen LogP contribution in [0.1, 0.15) is 26.7 Å². The standard InChI is InChI=1S/C8H17N.FH/c1-3-9-6-4-8(2)5-7-9;/h8H,3-7H2,1-2H3;1H. The minimum absolute atomic E-state index is 0. The van der Waals surface area contributed by atoms with E-state index in [0.29, 0.717) is 0 Å². The van der Waals surface area contributed by atoms with Crippen molar-refractivity contribution >= 4 is 0 Å². The van der Waals surface area contributed by atoms with Gasteiger partial charge in [0, 0.05) is 0 Å². The van der Waals surface area contributed by atoms with Crippen molar-refractivity contribution in [1.82, 2.24) is 4.90 Å². The molecule has 0 bridgehead atoms. The molecule has 0 saturated carbocycles. The molecule has 10 heavy (non-hydrogen) atoms. The number of halogens is 1. The van der Waals surface area contributed by atoms with Crippen molar-refractivity contribution in [2.45, 2.75) is 26.7 Å². The normalized spacial score (nSPS) is 22.2. The molecule has 1 rings (SSSR count). The van der Waals surface area contributed by atoms with Crippen molar-refractivity contribution in [3.05, 3.63) is 0 Å². The van der Waals surface area contributed by atoms with Gasteiger partial charge in [-0.25, -0.2) is 0 Å². The Morgan fingerprint density at radius 2 is 1.80 bits per heavy atom. The summed E-state index contributed by atoms with van der Waals surface area (Å²) >= 11 is 0. The zero-order valence-corrected chi connectivity index (χ0v) is 6.97. The highest BCUT2D eigenvalue weighted by molar-refractivity contribution is 4.67. The van der Waals surface area contributed by atoms with E-state index < -0.39 is 0 Å². The van der Waals surface area contributed by atoms with Gasteiger partial charge < -0.3 is 4.90 Å². The molecule has 1 aliphatic heterocycles. The highest BCUT2D eigenvalue weighted by atomic mass is 19.0. The molecule has 0 radical (unpaired) electrons. The lowest BCUT2D eigenvalue weighted by Crippen LogP contribution is -2.32. The van der Waals surface area contributed by atoms with E-state index in [4.69, 9.17) is 0 Å². The molecule has 0 aromatic rings. The Balaban J connectivity index is 0.000000810. The van der Waals surface area contributed by atoms with Crippen LogP contribution in [0.4, 0.5) is 4.70 Å². The van der Waals surface area contributed by atoms with Crippen molar-refractivity contribution in [2.75, 3.05) is 19.6 Å². The molecule has 0 aromatic heterocycles. The van der Waals surface area contributed by atoms with Gasteiger partial charge in [-0.3, -0.25) is 4.70 Å². The Hall–Kier alpha value is -0.110. The Morgan fingerprint density at radius 1 is 1.30 bits per heavy atom. The van der Waals surface area contributed by atoms with E-state index >= 15 is 0 Å². The summed E-state index contributed by atoms with van der Waals surface area (Å²) in [6.07, 6.45) is 2.82. The summed E-state index contributed by atoms with van der Waals surface area (Å²) in [4.78, 5) is 2.53. The van der Waals surface area contributed by atoms with Crippen LogP contribution in [0.5, 0.6) is 0 Å². The van der Waals surface area contributed by atoms with Gasteiger partial charge in [-0.2, -0.15) is 0 Å². The molecule has 0 aromatic carbocycles. The van der Waals surface area contributed by atoms with Gasteiger partial charge in [-0.1, -0.05) is 13.8 Å². The van der Waals surface area contributed by atoms with E-state index in [1.165, 1.54) is 32.5 Å². The molecule has 1 fully saturated rings. The monoisotopic (exact) mass is 147 g/mol. The first-order valence-electron chi connectivity index (χ1n) is 4.05. The van der Waals surface area contributed by atoms with Gasteiger partial charge in [0.2, 0.25) is 0 Å². The summed E-state index contributed by atoms with van der Waals surface area (Å²) in [5, 5.41) is 0. The fourth-order valence-corrected chi connectivity index (χ4v) is 1.38. The van der Waals surface area contributed by atoms with Gasteiger partial charge >= 0.3 is 0 Å². The zero-order chi connectivity index (χ0) is 6.69. The Morgan fingerprint density at radius 3 is 2.20 bits per heavy atom. The number of nitrogens with zero attached hydrogens (tertiary/aromatic N) is 1. The molecule has 0 unspecified atom stereocenters. The van der Waals surface area contributed by atoms with E-state index in [2.05, 4.69) is 18.7 Å². The largest absolute Gasteiger partial charge is 0.304 e. The van der Waals surface area contributed by atoms with Crippen LogP contribution in [0.2, 0.25) is 0 Å². The molecule has 62 valence electrons. The lowest BCUT2D eigenvalue weighted by Gasteiger charge is -2.28. The van der Waals surface area contributed by atoms with Crippen molar-refractivity contribution < 1.29 is 4.70 Å². The molecular weight excluding hydrogens is 129 g/mol. The van der Waals surface area contributed by atoms with Gasteiger partial charge in [0.1, 0.15) is 0 Å². The second-order valence-corrected chi connectivity index (χ2v) is 3.12. The van der Waals surface area contributed by atoms with Crippen LogP contribution in [0.3, 0.4) is 0 Å². The highest BCUT2D eigenvalue weighted by Crippen LogP contribution is 2.14. The van der Waals surface area contributed by atoms with E-state index in [0.717, 1.165) is 5.92 Å². The molecule has 0 atom stereocenters. The summed E-state index contributed by atoms with van der Waals surface area (Å²) in [5.41, 5.74) is 0. The van der Waals surface area contributed by atoms with E-state index in [-0.39, 0.29) is 4.70 Å². The third-order valence-electron chi connectivity index (χ3n) is 2.32. The van der Waals surface area contributed by atoms with E-state index in [9.17, 15) is 0 Å². The maximum atomic E-state index is 2.53. The van der Waals surface area contributed by atoms with Crippen LogP contribution in [-0.4, -0.2) is 24.5 Å². The number of likely N-dealkylation sites (tertiary alicyclic amines) is 1. The molecular formula is C8H18FN. The average molecular weight is 147 g/mol. The van der Waals surface area contributed by atoms with Gasteiger partial charge in [0.25, 0.3) is 0 Å². The molecule has 0 N–H and O–H groups in total. The topological polar surface area (TPSA) is 3.24 Å². The maximum Gasteiger partial charge on any atom is -0.00163 e. The maximum absolute atomic E-state index is 2.53. The second-order valence-electron chi connectivity index (χ2n) is 3.12. The highest BCUT2D eigenvalue weighted by Gasteiger charge is 2.12. The van der Waals surface area contributed by atoms with Crippen molar-refractivity contribution in [1.29, 1.82) is 0 Å². The van der Waals surface area contributed by atoms with Crippen LogP contribution < -0.4 is 0 Å². The molecule has 1 nitrogen and oxygen atoms in total. The van der Waals surface area contributed by atoms with Crippen molar-refractivity contribution in [3.63, 3.8) is 0 Å². The summed E-state index contributed by atoms with van der Waals surface area (Å²) in [5.74, 6) is 0.979. The number of hydrogen-bond acceptors (Lipinski definition) is 1. The van der Waals surface area contributed by atoms with Gasteiger partial charge in [0.05, 0.1) is 0 Å². The van der Waals surface area contributed by atoms with Crippen LogP contribution in [0, 0.1) is 5.92 Å². The second kappa shape index (κ2) is 4.67. The first-order chi connectivity index (χ1) is 4.33. The Bertz CT molecular complexity index is 77.3. The first-order valence-corrected chi connectivity index (χ1v) is 4.05. The third kappa shape index (κ3) is 2.65. The molecule has 0 aliphatic carbocycles. The predicted octanol–water partition coefficient (Wildman–Crippen LogP) is 1.89. The minimum Gasteiger partial charge on any atom is -0.304 e. The molecule has 2 heteroatoms. The molecule has 1 saturated heterocycles. The average Bonchev–Trinajstić information content (AvgIpc) is 1.90. The summed E-state index contributed by atoms with van der Waals surface area (Å²) in [6.45, 7) is 8.51.